The van der Waals surface area contributed by atoms with Crippen LogP contribution in [0.1, 0.15) is 10.4 Å². The van der Waals surface area contributed by atoms with Crippen LogP contribution >= 0.6 is 23.2 Å². The van der Waals surface area contributed by atoms with Crippen LogP contribution in [-0.4, -0.2) is 20.5 Å². The Balaban J connectivity index is 2.57. The third-order valence-electron chi connectivity index (χ3n) is 2.93. The molecule has 5 heteroatoms. The maximum absolute atomic E-state index is 11.1. The average Bonchev–Trinajstić information content (AvgIpc) is 2.49. The molecule has 0 aliphatic rings. The molecule has 3 nitrogen and oxygen atoms in total. The molecule has 0 spiro atoms. The van der Waals surface area contributed by atoms with Gasteiger partial charge in [-0.15, -0.1) is 0 Å². The standard InChI is InChI=1S/C15H12Cl2O3/c1-19-12-5-3-9(7-10(12)8-18)11-4-6-13(20-2)15(17)14(11)16/h3-8H,1-2H3. The first-order valence-electron chi connectivity index (χ1n) is 5.78. The monoisotopic (exact) mass is 310 g/mol. The largest absolute Gasteiger partial charge is 0.496 e. The van der Waals surface area contributed by atoms with E-state index in [2.05, 4.69) is 0 Å². The van der Waals surface area contributed by atoms with E-state index in [4.69, 9.17) is 32.7 Å². The minimum absolute atomic E-state index is 0.343. The van der Waals surface area contributed by atoms with E-state index >= 15 is 0 Å². The van der Waals surface area contributed by atoms with E-state index in [1.54, 1.807) is 24.3 Å². The number of hydrogen-bond donors (Lipinski definition) is 0. The third-order valence-corrected chi connectivity index (χ3v) is 3.80. The molecule has 0 saturated carbocycles. The van der Waals surface area contributed by atoms with E-state index in [0.29, 0.717) is 27.1 Å². The van der Waals surface area contributed by atoms with Crippen molar-refractivity contribution < 1.29 is 14.3 Å². The van der Waals surface area contributed by atoms with E-state index in [1.165, 1.54) is 14.2 Å². The highest BCUT2D eigenvalue weighted by molar-refractivity contribution is 6.44. The summed E-state index contributed by atoms with van der Waals surface area (Å²) in [6.45, 7) is 0. The van der Waals surface area contributed by atoms with Crippen molar-refractivity contribution in [2.75, 3.05) is 14.2 Å². The predicted molar refractivity (Wildman–Crippen MR) is 80.4 cm³/mol. The van der Waals surface area contributed by atoms with Gasteiger partial charge in [-0.05, 0) is 29.8 Å². The Hall–Kier alpha value is -1.71. The van der Waals surface area contributed by atoms with Crippen LogP contribution in [-0.2, 0) is 0 Å². The first-order valence-corrected chi connectivity index (χ1v) is 6.53. The van der Waals surface area contributed by atoms with E-state index in [-0.39, 0.29) is 0 Å². The van der Waals surface area contributed by atoms with Crippen LogP contribution in [0.15, 0.2) is 30.3 Å². The molecule has 0 N–H and O–H groups in total. The van der Waals surface area contributed by atoms with E-state index in [0.717, 1.165) is 17.4 Å². The van der Waals surface area contributed by atoms with Crippen LogP contribution < -0.4 is 9.47 Å². The van der Waals surface area contributed by atoms with Gasteiger partial charge >= 0.3 is 0 Å². The van der Waals surface area contributed by atoms with Gasteiger partial charge in [0, 0.05) is 5.56 Å². The Morgan fingerprint density at radius 2 is 1.60 bits per heavy atom. The van der Waals surface area contributed by atoms with Crippen molar-refractivity contribution in [3.05, 3.63) is 45.9 Å². The van der Waals surface area contributed by atoms with Crippen LogP contribution in [0.4, 0.5) is 0 Å². The molecular weight excluding hydrogens is 299 g/mol. The van der Waals surface area contributed by atoms with Gasteiger partial charge in [-0.1, -0.05) is 29.3 Å². The zero-order valence-corrected chi connectivity index (χ0v) is 12.5. The third kappa shape index (κ3) is 2.60. The van der Waals surface area contributed by atoms with E-state index in [1.807, 2.05) is 6.07 Å². The minimum atomic E-state index is 0.343. The van der Waals surface area contributed by atoms with Gasteiger partial charge in [0.1, 0.15) is 16.5 Å². The molecule has 0 atom stereocenters. The molecule has 20 heavy (non-hydrogen) atoms. The van der Waals surface area contributed by atoms with Crippen LogP contribution in [0, 0.1) is 0 Å². The summed E-state index contributed by atoms with van der Waals surface area (Å²) in [5, 5.41) is 0.725. The molecule has 0 saturated heterocycles. The Labute approximate surface area is 127 Å². The number of hydrogen-bond acceptors (Lipinski definition) is 3. The molecule has 2 aromatic rings. The van der Waals surface area contributed by atoms with Crippen LogP contribution in [0.2, 0.25) is 10.0 Å². The SMILES string of the molecule is COc1ccc(-c2ccc(OC)c(Cl)c2Cl)cc1C=O. The van der Waals surface area contributed by atoms with E-state index in [9.17, 15) is 4.79 Å². The lowest BCUT2D eigenvalue weighted by Crippen LogP contribution is -1.92. The summed E-state index contributed by atoms with van der Waals surface area (Å²) >= 11 is 12.4. The zero-order valence-electron chi connectivity index (χ0n) is 10.9. The maximum Gasteiger partial charge on any atom is 0.153 e. The lowest BCUT2D eigenvalue weighted by molar-refractivity contribution is 0.112. The molecular formula is C15H12Cl2O3. The number of carbonyl (C=O) groups is 1. The number of methoxy groups -OCH3 is 2. The van der Waals surface area contributed by atoms with E-state index < -0.39 is 0 Å². The average molecular weight is 311 g/mol. The number of benzene rings is 2. The van der Waals surface area contributed by atoms with Crippen molar-refractivity contribution in [3.8, 4) is 22.6 Å². The highest BCUT2D eigenvalue weighted by Gasteiger charge is 2.13. The lowest BCUT2D eigenvalue weighted by atomic mass is 10.0. The summed E-state index contributed by atoms with van der Waals surface area (Å²) in [6.07, 6.45) is 0.737. The first-order chi connectivity index (χ1) is 9.62. The van der Waals surface area contributed by atoms with Crippen molar-refractivity contribution in [3.63, 3.8) is 0 Å². The number of aldehydes is 1. The lowest BCUT2D eigenvalue weighted by Gasteiger charge is -2.11. The van der Waals surface area contributed by atoms with Crippen molar-refractivity contribution in [2.24, 2.45) is 0 Å². The molecule has 104 valence electrons. The molecule has 2 rings (SSSR count). The summed E-state index contributed by atoms with van der Waals surface area (Å²) in [6, 6.07) is 8.76. The summed E-state index contributed by atoms with van der Waals surface area (Å²) < 4.78 is 10.2. The molecule has 0 heterocycles. The van der Waals surface area contributed by atoms with Gasteiger partial charge in [-0.25, -0.2) is 0 Å². The van der Waals surface area contributed by atoms with Crippen molar-refractivity contribution >= 4 is 29.5 Å². The van der Waals surface area contributed by atoms with Crippen molar-refractivity contribution in [2.45, 2.75) is 0 Å². The van der Waals surface area contributed by atoms with Gasteiger partial charge in [0.05, 0.1) is 24.8 Å². The molecule has 0 fully saturated rings. The summed E-state index contributed by atoms with van der Waals surface area (Å²) in [5.74, 6) is 1.02. The zero-order chi connectivity index (χ0) is 14.7. The molecule has 0 radical (unpaired) electrons. The maximum atomic E-state index is 11.1. The van der Waals surface area contributed by atoms with Crippen LogP contribution in [0.25, 0.3) is 11.1 Å². The fourth-order valence-electron chi connectivity index (χ4n) is 1.91. The fourth-order valence-corrected chi connectivity index (χ4v) is 2.41. The summed E-state index contributed by atoms with van der Waals surface area (Å²) in [4.78, 5) is 11.1. The van der Waals surface area contributed by atoms with Gasteiger partial charge < -0.3 is 9.47 Å². The molecule has 0 aromatic heterocycles. The second-order valence-corrected chi connectivity index (χ2v) is 4.77. The Morgan fingerprint density at radius 1 is 0.950 bits per heavy atom. The Bertz CT molecular complexity index is 654. The quantitative estimate of drug-likeness (QED) is 0.780. The topological polar surface area (TPSA) is 35.5 Å². The molecule has 0 amide bonds. The molecule has 0 bridgehead atoms. The number of rotatable bonds is 4. The number of carbonyl (C=O) groups excluding carboxylic acids is 1. The normalized spacial score (nSPS) is 10.2. The molecule has 0 unspecified atom stereocenters. The second kappa shape index (κ2) is 6.16. The van der Waals surface area contributed by atoms with Gasteiger partial charge in [0.2, 0.25) is 0 Å². The van der Waals surface area contributed by atoms with Gasteiger partial charge in [0.25, 0.3) is 0 Å². The summed E-state index contributed by atoms with van der Waals surface area (Å²) in [5.41, 5.74) is 1.96. The highest BCUT2D eigenvalue weighted by atomic mass is 35.5. The summed E-state index contributed by atoms with van der Waals surface area (Å²) in [7, 11) is 3.04. The van der Waals surface area contributed by atoms with Gasteiger partial charge in [-0.3, -0.25) is 4.79 Å². The molecule has 0 aliphatic carbocycles. The predicted octanol–water partition coefficient (Wildman–Crippen LogP) is 4.49. The second-order valence-electron chi connectivity index (χ2n) is 4.02. The smallest absolute Gasteiger partial charge is 0.153 e. The van der Waals surface area contributed by atoms with Gasteiger partial charge in [0.15, 0.2) is 6.29 Å². The highest BCUT2D eigenvalue weighted by Crippen LogP contribution is 2.40. The van der Waals surface area contributed by atoms with Gasteiger partial charge in [-0.2, -0.15) is 0 Å². The molecule has 2 aromatic carbocycles. The van der Waals surface area contributed by atoms with Crippen LogP contribution in [0.3, 0.4) is 0 Å². The molecule has 0 aliphatic heterocycles. The minimum Gasteiger partial charge on any atom is -0.496 e. The number of halogens is 2. The fraction of sp³-hybridized carbons (Fsp3) is 0.133. The first kappa shape index (κ1) is 14.7. The number of ether oxygens (including phenoxy) is 2. The van der Waals surface area contributed by atoms with Crippen molar-refractivity contribution in [1.82, 2.24) is 0 Å². The Morgan fingerprint density at radius 3 is 2.20 bits per heavy atom. The van der Waals surface area contributed by atoms with Crippen molar-refractivity contribution in [1.29, 1.82) is 0 Å². The van der Waals surface area contributed by atoms with Crippen LogP contribution in [0.5, 0.6) is 11.5 Å². The Kier molecular flexibility index (Phi) is 4.53.